The van der Waals surface area contributed by atoms with Crippen LogP contribution in [-0.4, -0.2) is 30.1 Å². The molecule has 0 saturated heterocycles. The second kappa shape index (κ2) is 9.09. The zero-order chi connectivity index (χ0) is 20.8. The molecule has 0 aliphatic heterocycles. The Balaban J connectivity index is 1.57. The number of pyridine rings is 1. The van der Waals surface area contributed by atoms with E-state index in [4.69, 9.17) is 0 Å². The maximum atomic E-state index is 4.47. The van der Waals surface area contributed by atoms with E-state index in [1.54, 1.807) is 12.4 Å². The molecule has 0 bridgehead atoms. The summed E-state index contributed by atoms with van der Waals surface area (Å²) < 4.78 is 2.79. The first kappa shape index (κ1) is 19.5. The van der Waals surface area contributed by atoms with Crippen molar-refractivity contribution in [2.75, 3.05) is 20.7 Å². The normalized spacial score (nSPS) is 10.5. The number of hydrogen-bond donors (Lipinski definition) is 6. The Morgan fingerprint density at radius 3 is 2.33 bits per heavy atom. The van der Waals surface area contributed by atoms with Crippen molar-refractivity contribution < 1.29 is 0 Å². The molecule has 0 unspecified atom stereocenters. The average molecular weight is 421 g/mol. The Morgan fingerprint density at radius 2 is 1.67 bits per heavy atom. The van der Waals surface area contributed by atoms with Crippen LogP contribution >= 0.6 is 12.8 Å². The minimum absolute atomic E-state index is 0.362. The first-order valence-corrected chi connectivity index (χ1v) is 9.58. The first-order chi connectivity index (χ1) is 14.7. The molecular formula is C19H20N10S. The molecule has 30 heavy (non-hydrogen) atoms. The number of rotatable bonds is 8. The molecule has 1 aromatic carbocycles. The summed E-state index contributed by atoms with van der Waals surface area (Å²) in [5.41, 5.74) is 3.65. The molecule has 10 nitrogen and oxygen atoms in total. The van der Waals surface area contributed by atoms with Crippen molar-refractivity contribution in [3.8, 4) is 0 Å². The van der Waals surface area contributed by atoms with Crippen molar-refractivity contribution in [1.29, 1.82) is 0 Å². The van der Waals surface area contributed by atoms with Crippen LogP contribution in [0.1, 0.15) is 11.3 Å². The number of H-pyrrole nitrogens is 1. The Morgan fingerprint density at radius 1 is 0.933 bits per heavy atom. The highest BCUT2D eigenvalue weighted by Gasteiger charge is 2.09. The lowest BCUT2D eigenvalue weighted by Crippen LogP contribution is -2.09. The number of aromatic amines is 1. The number of nitrogens with one attached hydrogen (secondary N) is 5. The zero-order valence-corrected chi connectivity index (χ0v) is 17.0. The molecular weight excluding hydrogens is 400 g/mol. The van der Waals surface area contributed by atoms with Gasteiger partial charge < -0.3 is 20.7 Å². The summed E-state index contributed by atoms with van der Waals surface area (Å²) in [4.78, 5) is 17.5. The van der Waals surface area contributed by atoms with Crippen LogP contribution in [0.4, 0.5) is 35.0 Å². The molecule has 0 aliphatic carbocycles. The lowest BCUT2D eigenvalue weighted by atomic mass is 10.3. The Hall–Kier alpha value is -3.86. The van der Waals surface area contributed by atoms with Crippen molar-refractivity contribution >= 4 is 47.9 Å². The van der Waals surface area contributed by atoms with Gasteiger partial charge in [-0.3, -0.25) is 10.1 Å². The summed E-state index contributed by atoms with van der Waals surface area (Å²) in [5.74, 6) is 1.79. The van der Waals surface area contributed by atoms with Gasteiger partial charge in [0.2, 0.25) is 17.8 Å². The number of thiol groups is 1. The van der Waals surface area contributed by atoms with Gasteiger partial charge in [0, 0.05) is 42.1 Å². The molecule has 4 aromatic rings. The lowest BCUT2D eigenvalue weighted by molar-refractivity contribution is 0.998. The third kappa shape index (κ3) is 5.14. The van der Waals surface area contributed by atoms with Gasteiger partial charge in [-0.2, -0.15) is 20.1 Å². The van der Waals surface area contributed by atoms with Crippen LogP contribution in [-0.2, 0) is 6.54 Å². The summed E-state index contributed by atoms with van der Waals surface area (Å²) in [6.07, 6.45) is 3.52. The summed E-state index contributed by atoms with van der Waals surface area (Å²) in [6.45, 7) is 2.45. The zero-order valence-electron chi connectivity index (χ0n) is 16.1. The summed E-state index contributed by atoms with van der Waals surface area (Å²) in [5, 5.41) is 16.5. The fourth-order valence-corrected chi connectivity index (χ4v) is 2.75. The highest BCUT2D eigenvalue weighted by molar-refractivity contribution is 7.81. The minimum Gasteiger partial charge on any atom is -0.350 e. The molecule has 152 valence electrons. The van der Waals surface area contributed by atoms with Crippen LogP contribution in [0.25, 0.3) is 0 Å². The highest BCUT2D eigenvalue weighted by Crippen LogP contribution is 2.20. The van der Waals surface area contributed by atoms with Crippen LogP contribution in [0.5, 0.6) is 0 Å². The number of benzene rings is 1. The fraction of sp³-hybridized carbons (Fsp3) is 0.105. The van der Waals surface area contributed by atoms with Crippen molar-refractivity contribution in [2.45, 2.75) is 13.5 Å². The van der Waals surface area contributed by atoms with E-state index in [0.717, 1.165) is 22.6 Å². The van der Waals surface area contributed by atoms with E-state index in [1.807, 2.05) is 49.4 Å². The van der Waals surface area contributed by atoms with Crippen molar-refractivity contribution in [3.63, 3.8) is 0 Å². The van der Waals surface area contributed by atoms with Crippen LogP contribution < -0.4 is 20.7 Å². The Bertz CT molecular complexity index is 1100. The summed E-state index contributed by atoms with van der Waals surface area (Å²) in [7, 11) is 0. The van der Waals surface area contributed by atoms with Crippen LogP contribution in [0.2, 0.25) is 0 Å². The van der Waals surface area contributed by atoms with Gasteiger partial charge in [-0.1, -0.05) is 18.9 Å². The predicted molar refractivity (Wildman–Crippen MR) is 120 cm³/mol. The Labute approximate surface area is 178 Å². The van der Waals surface area contributed by atoms with E-state index in [-0.39, 0.29) is 0 Å². The maximum absolute atomic E-state index is 4.47. The van der Waals surface area contributed by atoms with E-state index >= 15 is 0 Å². The highest BCUT2D eigenvalue weighted by atomic mass is 32.1. The largest absolute Gasteiger partial charge is 0.350 e. The van der Waals surface area contributed by atoms with Gasteiger partial charge in [-0.15, -0.1) is 0 Å². The molecule has 0 radical (unpaired) electrons. The van der Waals surface area contributed by atoms with Crippen LogP contribution in [0, 0.1) is 6.92 Å². The summed E-state index contributed by atoms with van der Waals surface area (Å²) >= 11 is 4.04. The molecule has 11 heteroatoms. The van der Waals surface area contributed by atoms with Crippen LogP contribution in [0.15, 0.2) is 54.9 Å². The van der Waals surface area contributed by atoms with Crippen LogP contribution in [0.3, 0.4) is 0 Å². The van der Waals surface area contributed by atoms with Gasteiger partial charge >= 0.3 is 0 Å². The number of nitrogens with zero attached hydrogens (tertiary/aromatic N) is 5. The van der Waals surface area contributed by atoms with E-state index in [1.165, 1.54) is 0 Å². The topological polar surface area (TPSA) is 128 Å². The molecule has 0 fully saturated rings. The molecule has 0 aliphatic rings. The molecule has 3 aromatic heterocycles. The molecule has 3 heterocycles. The third-order valence-corrected chi connectivity index (χ3v) is 4.28. The number of anilines is 6. The third-order valence-electron chi connectivity index (χ3n) is 4.02. The van der Waals surface area contributed by atoms with Crippen molar-refractivity contribution in [1.82, 2.24) is 30.1 Å². The van der Waals surface area contributed by atoms with Gasteiger partial charge in [0.25, 0.3) is 0 Å². The smallest absolute Gasteiger partial charge is 0.235 e. The van der Waals surface area contributed by atoms with Gasteiger partial charge in [0.05, 0.1) is 0 Å². The molecule has 0 amide bonds. The second-order valence-electron chi connectivity index (χ2n) is 6.40. The molecule has 0 saturated carbocycles. The number of aryl methyl sites for hydroxylation is 1. The standard InChI is InChI=1S/C19H20N10S/c1-12-9-16(28-27-12)23-19-25-17(21-11-13-3-2-8-20-10-13)24-18(26-19)22-14-4-6-15(29-30)7-5-14/h2-10,29-30H,11H2,1H3,(H4,21,22,23,24,25,26,27,28). The average Bonchev–Trinajstić information content (AvgIpc) is 3.18. The van der Waals surface area contributed by atoms with Gasteiger partial charge in [-0.05, 0) is 42.8 Å². The lowest BCUT2D eigenvalue weighted by Gasteiger charge is -2.11. The minimum atomic E-state index is 0.362. The Kier molecular flexibility index (Phi) is 5.90. The van der Waals surface area contributed by atoms with Crippen molar-refractivity contribution in [3.05, 3.63) is 66.1 Å². The fourth-order valence-electron chi connectivity index (χ4n) is 2.60. The molecule has 4 rings (SSSR count). The molecule has 0 atom stereocenters. The van der Waals surface area contributed by atoms with Crippen molar-refractivity contribution in [2.24, 2.45) is 0 Å². The van der Waals surface area contributed by atoms with Gasteiger partial charge in [-0.25, -0.2) is 0 Å². The summed E-state index contributed by atoms with van der Waals surface area (Å²) in [6, 6.07) is 13.3. The van der Waals surface area contributed by atoms with E-state index in [0.29, 0.717) is 30.2 Å². The number of aromatic nitrogens is 6. The number of hydrogen-bond acceptors (Lipinski definition) is 10. The SMILES string of the molecule is Cc1cc(Nc2nc(NCc3cccnc3)nc(Nc3ccc(NS)cc3)n2)n[nH]1. The second-order valence-corrected chi connectivity index (χ2v) is 6.62. The van der Waals surface area contributed by atoms with Gasteiger partial charge in [0.1, 0.15) is 0 Å². The van der Waals surface area contributed by atoms with E-state index in [2.05, 4.69) is 63.6 Å². The monoisotopic (exact) mass is 420 g/mol. The van der Waals surface area contributed by atoms with Gasteiger partial charge in [0.15, 0.2) is 5.82 Å². The first-order valence-electron chi connectivity index (χ1n) is 9.13. The molecule has 5 N–H and O–H groups in total. The predicted octanol–water partition coefficient (Wildman–Crippen LogP) is 3.65. The maximum Gasteiger partial charge on any atom is 0.235 e. The quantitative estimate of drug-likeness (QED) is 0.237. The molecule has 0 spiro atoms. The van der Waals surface area contributed by atoms with E-state index in [9.17, 15) is 0 Å². The van der Waals surface area contributed by atoms with E-state index < -0.39 is 0 Å².